The Morgan fingerprint density at radius 3 is 2.40 bits per heavy atom. The van der Waals surface area contributed by atoms with Crippen LogP contribution in [-0.2, 0) is 17.6 Å². The number of nitrogens with one attached hydrogen (secondary N) is 1. The van der Waals surface area contributed by atoms with Gasteiger partial charge in [0, 0.05) is 13.0 Å². The van der Waals surface area contributed by atoms with Crippen molar-refractivity contribution >= 4 is 5.91 Å². The van der Waals surface area contributed by atoms with E-state index in [0.717, 1.165) is 42.7 Å². The van der Waals surface area contributed by atoms with Crippen LogP contribution in [0.4, 0.5) is 0 Å². The van der Waals surface area contributed by atoms with Crippen LogP contribution in [0.3, 0.4) is 0 Å². The molecule has 134 valence electrons. The zero-order valence-electron chi connectivity index (χ0n) is 15.1. The number of methoxy groups -OCH3 is 2. The van der Waals surface area contributed by atoms with Gasteiger partial charge in [-0.2, -0.15) is 0 Å². The molecule has 0 fully saturated rings. The fraction of sp³-hybridized carbons (Fsp3) is 0.381. The smallest absolute Gasteiger partial charge is 0.220 e. The third kappa shape index (κ3) is 6.49. The molecule has 1 N–H and O–H groups in total. The van der Waals surface area contributed by atoms with E-state index >= 15 is 0 Å². The Morgan fingerprint density at radius 1 is 0.920 bits per heavy atom. The molecule has 0 spiro atoms. The topological polar surface area (TPSA) is 47.6 Å². The lowest BCUT2D eigenvalue weighted by Gasteiger charge is -2.09. The Balaban J connectivity index is 1.60. The molecule has 1 amide bonds. The predicted molar refractivity (Wildman–Crippen MR) is 100 cm³/mol. The van der Waals surface area contributed by atoms with Crippen molar-refractivity contribution in [2.24, 2.45) is 0 Å². The van der Waals surface area contributed by atoms with Gasteiger partial charge in [0.15, 0.2) is 0 Å². The fourth-order valence-electron chi connectivity index (χ4n) is 2.74. The third-order valence-corrected chi connectivity index (χ3v) is 4.19. The van der Waals surface area contributed by atoms with Gasteiger partial charge in [-0.3, -0.25) is 4.79 Å². The number of benzene rings is 2. The van der Waals surface area contributed by atoms with E-state index in [4.69, 9.17) is 9.47 Å². The van der Waals surface area contributed by atoms with Crippen LogP contribution in [0.5, 0.6) is 11.5 Å². The summed E-state index contributed by atoms with van der Waals surface area (Å²) in [5, 5.41) is 2.99. The van der Waals surface area contributed by atoms with Crippen LogP contribution < -0.4 is 14.8 Å². The zero-order chi connectivity index (χ0) is 17.9. The largest absolute Gasteiger partial charge is 0.497 e. The Labute approximate surface area is 150 Å². The highest BCUT2D eigenvalue weighted by Gasteiger charge is 2.04. The minimum Gasteiger partial charge on any atom is -0.497 e. The second-order valence-corrected chi connectivity index (χ2v) is 5.97. The molecule has 0 aliphatic rings. The lowest BCUT2D eigenvalue weighted by Crippen LogP contribution is -2.25. The zero-order valence-corrected chi connectivity index (χ0v) is 15.1. The Bertz CT molecular complexity index is 652. The molecule has 0 aromatic heterocycles. The van der Waals surface area contributed by atoms with Crippen molar-refractivity contribution in [1.29, 1.82) is 0 Å². The van der Waals surface area contributed by atoms with Gasteiger partial charge < -0.3 is 14.8 Å². The minimum atomic E-state index is 0.115. The summed E-state index contributed by atoms with van der Waals surface area (Å²) in [5.41, 5.74) is 2.39. The highest BCUT2D eigenvalue weighted by Crippen LogP contribution is 2.17. The van der Waals surface area contributed by atoms with Gasteiger partial charge in [-0.05, 0) is 55.0 Å². The van der Waals surface area contributed by atoms with Gasteiger partial charge >= 0.3 is 0 Å². The van der Waals surface area contributed by atoms with Crippen molar-refractivity contribution in [1.82, 2.24) is 5.32 Å². The Morgan fingerprint density at radius 2 is 1.68 bits per heavy atom. The maximum absolute atomic E-state index is 11.9. The number of aryl methyl sites for hydroxylation is 1. The molecular formula is C21H27NO3. The molecule has 4 heteroatoms. The second kappa shape index (κ2) is 10.4. The van der Waals surface area contributed by atoms with E-state index in [9.17, 15) is 4.79 Å². The maximum Gasteiger partial charge on any atom is 0.220 e. The van der Waals surface area contributed by atoms with E-state index in [2.05, 4.69) is 17.4 Å². The van der Waals surface area contributed by atoms with Gasteiger partial charge in [-0.25, -0.2) is 0 Å². The van der Waals surface area contributed by atoms with Crippen molar-refractivity contribution in [3.63, 3.8) is 0 Å². The van der Waals surface area contributed by atoms with Crippen LogP contribution in [0, 0.1) is 0 Å². The average Bonchev–Trinajstić information content (AvgIpc) is 2.66. The summed E-state index contributed by atoms with van der Waals surface area (Å²) < 4.78 is 10.5. The number of unbranched alkanes of at least 4 members (excludes halogenated alkanes) is 1. The predicted octanol–water partition coefficient (Wildman–Crippen LogP) is 3.78. The van der Waals surface area contributed by atoms with Gasteiger partial charge in [-0.1, -0.05) is 30.3 Å². The van der Waals surface area contributed by atoms with E-state index in [1.807, 2.05) is 36.4 Å². The first-order valence-electron chi connectivity index (χ1n) is 8.74. The summed E-state index contributed by atoms with van der Waals surface area (Å²) in [5.74, 6) is 1.86. The molecule has 0 saturated carbocycles. The summed E-state index contributed by atoms with van der Waals surface area (Å²) in [7, 11) is 3.34. The first-order chi connectivity index (χ1) is 12.2. The van der Waals surface area contributed by atoms with Gasteiger partial charge in [0.25, 0.3) is 0 Å². The van der Waals surface area contributed by atoms with E-state index in [-0.39, 0.29) is 5.91 Å². The number of para-hydroxylation sites is 1. The van der Waals surface area contributed by atoms with Crippen LogP contribution in [0.1, 0.15) is 30.4 Å². The number of carbonyl (C=O) groups is 1. The molecule has 0 aliphatic heterocycles. The molecule has 2 aromatic rings. The fourth-order valence-corrected chi connectivity index (χ4v) is 2.74. The molecule has 2 rings (SSSR count). The number of rotatable bonds is 10. The second-order valence-electron chi connectivity index (χ2n) is 5.97. The van der Waals surface area contributed by atoms with Gasteiger partial charge in [0.05, 0.1) is 14.2 Å². The third-order valence-electron chi connectivity index (χ3n) is 4.19. The van der Waals surface area contributed by atoms with Gasteiger partial charge in [-0.15, -0.1) is 0 Å². The molecule has 0 heterocycles. The van der Waals surface area contributed by atoms with E-state index < -0.39 is 0 Å². The summed E-state index contributed by atoms with van der Waals surface area (Å²) in [4.78, 5) is 11.9. The molecule has 0 saturated heterocycles. The maximum atomic E-state index is 11.9. The molecule has 0 bridgehead atoms. The number of hydrogen-bond acceptors (Lipinski definition) is 3. The number of hydrogen-bond donors (Lipinski definition) is 1. The minimum absolute atomic E-state index is 0.115. The lowest BCUT2D eigenvalue weighted by molar-refractivity contribution is -0.121. The normalized spacial score (nSPS) is 10.3. The lowest BCUT2D eigenvalue weighted by atomic mass is 10.1. The van der Waals surface area contributed by atoms with Gasteiger partial charge in [0.1, 0.15) is 11.5 Å². The molecule has 25 heavy (non-hydrogen) atoms. The van der Waals surface area contributed by atoms with Crippen LogP contribution in [-0.4, -0.2) is 26.7 Å². The Hall–Kier alpha value is -2.49. The van der Waals surface area contributed by atoms with Crippen LogP contribution >= 0.6 is 0 Å². The molecule has 0 unspecified atom stereocenters. The Kier molecular flexibility index (Phi) is 7.83. The summed E-state index contributed by atoms with van der Waals surface area (Å²) in [6.07, 6.45) is 4.24. The SMILES string of the molecule is COc1ccc(CCCCC(=O)NCCc2ccccc2OC)cc1. The first-order valence-corrected chi connectivity index (χ1v) is 8.74. The van der Waals surface area contributed by atoms with E-state index in [1.165, 1.54) is 5.56 Å². The molecule has 0 atom stereocenters. The van der Waals surface area contributed by atoms with Crippen LogP contribution in [0.2, 0.25) is 0 Å². The standard InChI is InChI=1S/C21H27NO3/c1-24-19-13-11-17(12-14-19)7-3-6-10-21(23)22-16-15-18-8-4-5-9-20(18)25-2/h4-5,8-9,11-14H,3,6-7,10,15-16H2,1-2H3,(H,22,23). The van der Waals surface area contributed by atoms with Crippen molar-refractivity contribution in [2.45, 2.75) is 32.1 Å². The van der Waals surface area contributed by atoms with Crippen molar-refractivity contribution in [3.05, 3.63) is 59.7 Å². The molecule has 0 aliphatic carbocycles. The summed E-state index contributed by atoms with van der Waals surface area (Å²) >= 11 is 0. The number of amides is 1. The van der Waals surface area contributed by atoms with Crippen molar-refractivity contribution in [3.8, 4) is 11.5 Å². The number of ether oxygens (including phenoxy) is 2. The van der Waals surface area contributed by atoms with E-state index in [0.29, 0.717) is 13.0 Å². The van der Waals surface area contributed by atoms with Crippen molar-refractivity contribution < 1.29 is 14.3 Å². The first kappa shape index (κ1) is 18.8. The molecule has 2 aromatic carbocycles. The highest BCUT2D eigenvalue weighted by molar-refractivity contribution is 5.75. The summed E-state index contributed by atoms with van der Waals surface area (Å²) in [6.45, 7) is 0.637. The molecule has 4 nitrogen and oxygen atoms in total. The molecule has 0 radical (unpaired) electrons. The average molecular weight is 341 g/mol. The number of carbonyl (C=O) groups excluding carboxylic acids is 1. The monoisotopic (exact) mass is 341 g/mol. The molecular weight excluding hydrogens is 314 g/mol. The van der Waals surface area contributed by atoms with Crippen LogP contribution in [0.25, 0.3) is 0 Å². The van der Waals surface area contributed by atoms with E-state index in [1.54, 1.807) is 14.2 Å². The van der Waals surface area contributed by atoms with Gasteiger partial charge in [0.2, 0.25) is 5.91 Å². The highest BCUT2D eigenvalue weighted by atomic mass is 16.5. The summed E-state index contributed by atoms with van der Waals surface area (Å²) in [6, 6.07) is 16.0. The van der Waals surface area contributed by atoms with Crippen molar-refractivity contribution in [2.75, 3.05) is 20.8 Å². The van der Waals surface area contributed by atoms with Crippen LogP contribution in [0.15, 0.2) is 48.5 Å². The quantitative estimate of drug-likeness (QED) is 0.669.